The van der Waals surface area contributed by atoms with Gasteiger partial charge in [-0.15, -0.1) is 0 Å². The minimum Gasteiger partial charge on any atom is -0.463 e. The van der Waals surface area contributed by atoms with Crippen molar-refractivity contribution >= 4 is 48.3 Å². The highest BCUT2D eigenvalue weighted by Crippen LogP contribution is 2.31. The van der Waals surface area contributed by atoms with E-state index in [0.29, 0.717) is 19.8 Å². The summed E-state index contributed by atoms with van der Waals surface area (Å²) in [6.07, 6.45) is 0.663. The average Bonchev–Trinajstić information content (AvgIpc) is 2.68. The van der Waals surface area contributed by atoms with Gasteiger partial charge in [0.25, 0.3) is 0 Å². The van der Waals surface area contributed by atoms with Gasteiger partial charge >= 0.3 is 31.7 Å². The molecule has 228 valence electrons. The minimum atomic E-state index is -2.65. The van der Waals surface area contributed by atoms with E-state index in [9.17, 15) is 9.90 Å². The molecule has 0 radical (unpaired) electrons. The lowest BCUT2D eigenvalue weighted by Gasteiger charge is -2.43. The predicted molar refractivity (Wildman–Crippen MR) is 162 cm³/mol. The summed E-state index contributed by atoms with van der Waals surface area (Å²) in [6, 6.07) is 1.52. The van der Waals surface area contributed by atoms with Crippen LogP contribution in [0.3, 0.4) is 0 Å². The van der Waals surface area contributed by atoms with E-state index in [2.05, 4.69) is 65.5 Å². The predicted octanol–water partition coefficient (Wildman–Crippen LogP) is 4.30. The average molecular weight is 633 g/mol. The van der Waals surface area contributed by atoms with Crippen molar-refractivity contribution in [2.45, 2.75) is 103 Å². The molecule has 2 N–H and O–H groups in total. The Hall–Kier alpha value is 0.234. The normalized spacial score (nSPS) is 17.1. The van der Waals surface area contributed by atoms with E-state index in [-0.39, 0.29) is 25.8 Å². The van der Waals surface area contributed by atoms with E-state index in [1.807, 2.05) is 0 Å². The van der Waals surface area contributed by atoms with Gasteiger partial charge < -0.3 is 40.9 Å². The first-order valence-corrected chi connectivity index (χ1v) is 28.3. The molecule has 0 aromatic carbocycles. The van der Waals surface area contributed by atoms with Crippen LogP contribution >= 0.6 is 0 Å². The first kappa shape index (κ1) is 38.2. The maximum Gasteiger partial charge on any atom is 0.315 e. The highest BCUT2D eigenvalue weighted by atomic mass is 28.5. The van der Waals surface area contributed by atoms with Gasteiger partial charge in [-0.25, -0.2) is 0 Å². The third-order valence-corrected chi connectivity index (χ3v) is 23.1. The molecule has 0 heterocycles. The van der Waals surface area contributed by atoms with Crippen molar-refractivity contribution in [3.8, 4) is 0 Å². The van der Waals surface area contributed by atoms with Crippen LogP contribution < -0.4 is 0 Å². The van der Waals surface area contributed by atoms with E-state index in [4.69, 9.17) is 35.8 Å². The molecule has 0 saturated carbocycles. The van der Waals surface area contributed by atoms with Crippen molar-refractivity contribution in [1.29, 1.82) is 0 Å². The number of ether oxygens (including phenoxy) is 3. The molecule has 0 aliphatic carbocycles. The molecule has 0 bridgehead atoms. The summed E-state index contributed by atoms with van der Waals surface area (Å²) < 4.78 is 43.1. The second-order valence-electron chi connectivity index (χ2n) is 12.4. The molecule has 3 unspecified atom stereocenters. The van der Waals surface area contributed by atoms with Crippen molar-refractivity contribution < 1.29 is 45.7 Å². The van der Waals surface area contributed by atoms with Crippen LogP contribution in [-0.2, 0) is 35.5 Å². The third kappa shape index (κ3) is 21.0. The smallest absolute Gasteiger partial charge is 0.315 e. The largest absolute Gasteiger partial charge is 0.463 e. The topological polar surface area (TPSA) is 122 Å². The quantitative estimate of drug-likeness (QED) is 0.101. The van der Waals surface area contributed by atoms with Crippen LogP contribution in [0.2, 0.25) is 77.6 Å². The SMILES string of the molecule is CC(=O)OCCOCCC[Si](C)(O[Si](C)(C)C)O[Si](C)(C)O[Si](C)(CCCOCC(O)CO)O[Si](C)(C)C. The Balaban J connectivity index is 5.28. The number of esters is 1. The highest BCUT2D eigenvalue weighted by molar-refractivity contribution is 6.90. The molecule has 10 nitrogen and oxygen atoms in total. The van der Waals surface area contributed by atoms with Crippen LogP contribution in [0.5, 0.6) is 0 Å². The molecular formula is C23H56O10Si5. The standard InChI is InChI=1S/C23H56O10Si5/c1-22(25)29-17-16-27-14-12-18-37(10,30-34(2,3)4)32-36(8,9)33-38(11,31-35(5,6)7)19-13-15-28-21-23(26)20-24/h23-24,26H,12-21H2,1-11H3. The van der Waals surface area contributed by atoms with Gasteiger partial charge in [-0.05, 0) is 90.4 Å². The second-order valence-corrected chi connectivity index (χ2v) is 32.4. The number of hydrogen-bond acceptors (Lipinski definition) is 10. The number of hydrogen-bond donors (Lipinski definition) is 2. The Bertz CT molecular complexity index is 674. The lowest BCUT2D eigenvalue weighted by atomic mass is 10.4. The van der Waals surface area contributed by atoms with Crippen LogP contribution in [0.25, 0.3) is 0 Å². The summed E-state index contributed by atoms with van der Waals surface area (Å²) in [5, 5.41) is 18.5. The monoisotopic (exact) mass is 632 g/mol. The molecule has 0 saturated heterocycles. The summed E-state index contributed by atoms with van der Waals surface area (Å²) in [5.74, 6) is -0.306. The van der Waals surface area contributed by atoms with Crippen LogP contribution in [0.4, 0.5) is 0 Å². The highest BCUT2D eigenvalue weighted by Gasteiger charge is 2.47. The van der Waals surface area contributed by atoms with E-state index in [1.54, 1.807) is 0 Å². The summed E-state index contributed by atoms with van der Waals surface area (Å²) >= 11 is 0. The number of aliphatic hydroxyl groups excluding tert-OH is 2. The Morgan fingerprint density at radius 1 is 0.684 bits per heavy atom. The maximum atomic E-state index is 10.9. The fourth-order valence-corrected chi connectivity index (χ4v) is 27.7. The molecule has 0 aliphatic rings. The van der Waals surface area contributed by atoms with Crippen LogP contribution in [0.15, 0.2) is 0 Å². The van der Waals surface area contributed by atoms with Gasteiger partial charge in [-0.3, -0.25) is 4.79 Å². The van der Waals surface area contributed by atoms with Crippen molar-refractivity contribution in [2.24, 2.45) is 0 Å². The molecule has 0 rings (SSSR count). The first-order valence-electron chi connectivity index (χ1n) is 13.6. The third-order valence-electron chi connectivity index (χ3n) is 4.86. The molecule has 0 spiro atoms. The van der Waals surface area contributed by atoms with E-state index < -0.39 is 48.4 Å². The zero-order valence-corrected chi connectivity index (χ0v) is 30.8. The van der Waals surface area contributed by atoms with Gasteiger partial charge in [-0.2, -0.15) is 0 Å². The molecule has 3 atom stereocenters. The second kappa shape index (κ2) is 17.3. The number of aliphatic hydroxyl groups is 2. The van der Waals surface area contributed by atoms with Gasteiger partial charge in [0.2, 0.25) is 0 Å². The summed E-state index contributed by atoms with van der Waals surface area (Å²) in [5.41, 5.74) is 0. The first-order chi connectivity index (χ1) is 17.2. The number of rotatable bonds is 22. The van der Waals surface area contributed by atoms with Gasteiger partial charge in [0.15, 0.2) is 16.6 Å². The van der Waals surface area contributed by atoms with E-state index >= 15 is 0 Å². The summed E-state index contributed by atoms with van der Waals surface area (Å²) in [4.78, 5) is 10.9. The Morgan fingerprint density at radius 3 is 1.53 bits per heavy atom. The Kier molecular flexibility index (Phi) is 17.4. The van der Waals surface area contributed by atoms with Crippen molar-refractivity contribution in [3.05, 3.63) is 0 Å². The van der Waals surface area contributed by atoms with Crippen LogP contribution in [0.1, 0.15) is 19.8 Å². The van der Waals surface area contributed by atoms with Gasteiger partial charge in [-0.1, -0.05) is 0 Å². The lowest BCUT2D eigenvalue weighted by Crippen LogP contribution is -2.60. The Labute approximate surface area is 236 Å². The van der Waals surface area contributed by atoms with E-state index in [0.717, 1.165) is 24.9 Å². The van der Waals surface area contributed by atoms with Crippen LogP contribution in [0, 0.1) is 0 Å². The molecule has 0 aromatic rings. The number of carbonyl (C=O) groups excluding carboxylic acids is 1. The van der Waals surface area contributed by atoms with Crippen LogP contribution in [-0.4, -0.2) is 104 Å². The Morgan fingerprint density at radius 2 is 1.13 bits per heavy atom. The molecule has 0 aliphatic heterocycles. The maximum absolute atomic E-state index is 10.9. The van der Waals surface area contributed by atoms with Crippen molar-refractivity contribution in [3.63, 3.8) is 0 Å². The molecule has 0 amide bonds. The summed E-state index contributed by atoms with van der Waals surface area (Å²) in [6.45, 7) is 24.2. The molecule has 0 aromatic heterocycles. The summed E-state index contributed by atoms with van der Waals surface area (Å²) in [7, 11) is -11.6. The zero-order valence-electron chi connectivity index (χ0n) is 25.8. The molecule has 0 fully saturated rings. The zero-order chi connectivity index (χ0) is 29.7. The lowest BCUT2D eigenvalue weighted by molar-refractivity contribution is -0.142. The van der Waals surface area contributed by atoms with Crippen molar-refractivity contribution in [1.82, 2.24) is 0 Å². The van der Waals surface area contributed by atoms with Gasteiger partial charge in [0.1, 0.15) is 12.7 Å². The minimum absolute atomic E-state index is 0.110. The molecular weight excluding hydrogens is 577 g/mol. The van der Waals surface area contributed by atoms with Gasteiger partial charge in [0, 0.05) is 20.1 Å². The fraction of sp³-hybridized carbons (Fsp3) is 0.957. The van der Waals surface area contributed by atoms with E-state index in [1.165, 1.54) is 6.92 Å². The number of carbonyl (C=O) groups is 1. The molecule has 15 heteroatoms. The fourth-order valence-electron chi connectivity index (χ4n) is 4.21. The van der Waals surface area contributed by atoms with Gasteiger partial charge in [0.05, 0.1) is 19.8 Å². The molecule has 38 heavy (non-hydrogen) atoms. The van der Waals surface area contributed by atoms with Crippen molar-refractivity contribution in [2.75, 3.05) is 39.6 Å².